The van der Waals surface area contributed by atoms with Crippen LogP contribution in [0.15, 0.2) is 30.3 Å². The van der Waals surface area contributed by atoms with Crippen LogP contribution in [0.3, 0.4) is 0 Å². The number of aryl methyl sites for hydroxylation is 2. The molecule has 0 amide bonds. The Morgan fingerprint density at radius 2 is 1.72 bits per heavy atom. The Kier molecular flexibility index (Phi) is 3.92. The second kappa shape index (κ2) is 5.63. The Balaban J connectivity index is 2.41. The van der Waals surface area contributed by atoms with Gasteiger partial charge in [-0.3, -0.25) is 0 Å². The monoisotopic (exact) mass is 241 g/mol. The molecule has 3 heteroatoms. The molecule has 0 aliphatic carbocycles. The first kappa shape index (κ1) is 12.6. The fraction of sp³-hybridized carbons (Fsp3) is 0.333. The molecular weight excluding hydrogens is 222 g/mol. The van der Waals surface area contributed by atoms with Gasteiger partial charge in [-0.05, 0) is 12.0 Å². The molecule has 0 radical (unpaired) electrons. The number of aromatic nitrogens is 2. The van der Waals surface area contributed by atoms with Gasteiger partial charge in [0.15, 0.2) is 0 Å². The van der Waals surface area contributed by atoms with Crippen LogP contribution in [0.5, 0.6) is 0 Å². The van der Waals surface area contributed by atoms with Crippen LogP contribution in [0.1, 0.15) is 25.2 Å². The molecule has 94 valence electrons. The molecule has 2 aromatic rings. The average molecular weight is 241 g/mol. The highest BCUT2D eigenvalue weighted by atomic mass is 15.0. The van der Waals surface area contributed by atoms with Gasteiger partial charge in [0.1, 0.15) is 11.6 Å². The van der Waals surface area contributed by atoms with Crippen LogP contribution >= 0.6 is 0 Å². The van der Waals surface area contributed by atoms with E-state index >= 15 is 0 Å². The van der Waals surface area contributed by atoms with Crippen LogP contribution in [0.4, 0.5) is 5.82 Å². The number of rotatable bonds is 4. The second-order valence-electron chi connectivity index (χ2n) is 4.21. The molecule has 0 saturated heterocycles. The minimum atomic E-state index is 0.843. The summed E-state index contributed by atoms with van der Waals surface area (Å²) in [5.41, 5.74) is 3.46. The molecule has 1 aromatic heterocycles. The lowest BCUT2D eigenvalue weighted by Gasteiger charge is -2.07. The predicted octanol–water partition coefficient (Wildman–Crippen LogP) is 3.31. The summed E-state index contributed by atoms with van der Waals surface area (Å²) in [7, 11) is 1.88. The first-order valence-corrected chi connectivity index (χ1v) is 6.41. The summed E-state index contributed by atoms with van der Waals surface area (Å²) in [5, 5.41) is 3.08. The molecular formula is C15H19N3. The van der Waals surface area contributed by atoms with Crippen molar-refractivity contribution in [1.82, 2.24) is 9.97 Å². The van der Waals surface area contributed by atoms with Gasteiger partial charge < -0.3 is 5.32 Å². The van der Waals surface area contributed by atoms with E-state index in [1.807, 2.05) is 13.1 Å². The molecule has 0 aliphatic heterocycles. The normalized spacial score (nSPS) is 10.4. The van der Waals surface area contributed by atoms with E-state index in [1.165, 1.54) is 5.56 Å². The number of nitrogens with zero attached hydrogens (tertiary/aromatic N) is 2. The van der Waals surface area contributed by atoms with Crippen molar-refractivity contribution in [2.24, 2.45) is 0 Å². The van der Waals surface area contributed by atoms with Crippen LogP contribution in [0.25, 0.3) is 11.3 Å². The molecule has 0 bridgehead atoms. The van der Waals surface area contributed by atoms with Crippen molar-refractivity contribution in [3.8, 4) is 11.3 Å². The van der Waals surface area contributed by atoms with Crippen LogP contribution in [-0.2, 0) is 12.8 Å². The van der Waals surface area contributed by atoms with Gasteiger partial charge in [0.05, 0.1) is 5.69 Å². The van der Waals surface area contributed by atoms with Crippen LogP contribution in [0.2, 0.25) is 0 Å². The fourth-order valence-electron chi connectivity index (χ4n) is 1.84. The minimum Gasteiger partial charge on any atom is -0.373 e. The molecule has 1 N–H and O–H groups in total. The minimum absolute atomic E-state index is 0.843. The van der Waals surface area contributed by atoms with E-state index in [9.17, 15) is 0 Å². The van der Waals surface area contributed by atoms with Crippen molar-refractivity contribution in [1.29, 1.82) is 0 Å². The molecule has 2 rings (SSSR count). The van der Waals surface area contributed by atoms with Crippen molar-refractivity contribution in [3.05, 3.63) is 41.7 Å². The highest BCUT2D eigenvalue weighted by Gasteiger charge is 2.04. The van der Waals surface area contributed by atoms with Crippen LogP contribution in [0, 0.1) is 0 Å². The van der Waals surface area contributed by atoms with Crippen molar-refractivity contribution in [3.63, 3.8) is 0 Å². The fourth-order valence-corrected chi connectivity index (χ4v) is 1.84. The summed E-state index contributed by atoms with van der Waals surface area (Å²) in [4.78, 5) is 8.98. The van der Waals surface area contributed by atoms with Gasteiger partial charge >= 0.3 is 0 Å². The predicted molar refractivity (Wildman–Crippen MR) is 75.8 cm³/mol. The lowest BCUT2D eigenvalue weighted by atomic mass is 10.1. The van der Waals surface area contributed by atoms with E-state index in [0.29, 0.717) is 0 Å². The molecule has 0 unspecified atom stereocenters. The van der Waals surface area contributed by atoms with E-state index in [2.05, 4.69) is 53.4 Å². The van der Waals surface area contributed by atoms with E-state index < -0.39 is 0 Å². The quantitative estimate of drug-likeness (QED) is 0.892. The van der Waals surface area contributed by atoms with E-state index in [1.54, 1.807) is 0 Å². The Hall–Kier alpha value is -1.90. The third kappa shape index (κ3) is 2.67. The summed E-state index contributed by atoms with van der Waals surface area (Å²) < 4.78 is 0. The van der Waals surface area contributed by atoms with Crippen molar-refractivity contribution >= 4 is 5.82 Å². The van der Waals surface area contributed by atoms with E-state index in [-0.39, 0.29) is 0 Å². The molecule has 1 heterocycles. The Labute approximate surface area is 108 Å². The molecule has 0 spiro atoms. The van der Waals surface area contributed by atoms with Gasteiger partial charge in [0, 0.05) is 25.1 Å². The van der Waals surface area contributed by atoms with E-state index in [4.69, 9.17) is 0 Å². The topological polar surface area (TPSA) is 37.8 Å². The van der Waals surface area contributed by atoms with Gasteiger partial charge in [-0.1, -0.05) is 38.1 Å². The molecule has 0 saturated carbocycles. The maximum atomic E-state index is 4.57. The number of nitrogens with one attached hydrogen (secondary N) is 1. The zero-order chi connectivity index (χ0) is 13.0. The third-order valence-corrected chi connectivity index (χ3v) is 3.00. The number of anilines is 1. The third-order valence-electron chi connectivity index (χ3n) is 3.00. The van der Waals surface area contributed by atoms with Crippen LogP contribution in [-0.4, -0.2) is 17.0 Å². The second-order valence-corrected chi connectivity index (χ2v) is 4.21. The zero-order valence-electron chi connectivity index (χ0n) is 11.2. The van der Waals surface area contributed by atoms with Gasteiger partial charge in [0.25, 0.3) is 0 Å². The summed E-state index contributed by atoms with van der Waals surface area (Å²) in [6, 6.07) is 10.5. The average Bonchev–Trinajstić information content (AvgIpc) is 2.46. The summed E-state index contributed by atoms with van der Waals surface area (Å²) in [6.45, 7) is 4.23. The van der Waals surface area contributed by atoms with Crippen molar-refractivity contribution in [2.45, 2.75) is 26.7 Å². The summed E-state index contributed by atoms with van der Waals surface area (Å²) in [5.74, 6) is 1.74. The number of benzene rings is 1. The molecule has 3 nitrogen and oxygen atoms in total. The Morgan fingerprint density at radius 3 is 2.28 bits per heavy atom. The smallest absolute Gasteiger partial charge is 0.131 e. The first-order chi connectivity index (χ1) is 8.76. The Morgan fingerprint density at radius 1 is 1.00 bits per heavy atom. The summed E-state index contributed by atoms with van der Waals surface area (Å²) in [6.07, 6.45) is 1.90. The standard InChI is InChI=1S/C15H19N3/c1-4-11-6-8-12(9-7-11)13-10-15(16-3)18-14(5-2)17-13/h6-10H,4-5H2,1-3H3,(H,16,17,18). The maximum absolute atomic E-state index is 4.57. The van der Waals surface area contributed by atoms with Crippen molar-refractivity contribution < 1.29 is 0 Å². The molecule has 18 heavy (non-hydrogen) atoms. The van der Waals surface area contributed by atoms with Gasteiger partial charge in [-0.2, -0.15) is 0 Å². The van der Waals surface area contributed by atoms with Gasteiger partial charge in [-0.25, -0.2) is 9.97 Å². The molecule has 0 aliphatic rings. The highest BCUT2D eigenvalue weighted by Crippen LogP contribution is 2.20. The highest BCUT2D eigenvalue weighted by molar-refractivity contribution is 5.62. The number of hydrogen-bond donors (Lipinski definition) is 1. The van der Waals surface area contributed by atoms with E-state index in [0.717, 1.165) is 35.7 Å². The molecule has 1 aromatic carbocycles. The molecule has 0 atom stereocenters. The van der Waals surface area contributed by atoms with Gasteiger partial charge in [-0.15, -0.1) is 0 Å². The first-order valence-electron chi connectivity index (χ1n) is 6.41. The lowest BCUT2D eigenvalue weighted by molar-refractivity contribution is 0.945. The maximum Gasteiger partial charge on any atom is 0.131 e. The largest absolute Gasteiger partial charge is 0.373 e. The lowest BCUT2D eigenvalue weighted by Crippen LogP contribution is -2.00. The van der Waals surface area contributed by atoms with Crippen molar-refractivity contribution in [2.75, 3.05) is 12.4 Å². The van der Waals surface area contributed by atoms with Gasteiger partial charge in [0.2, 0.25) is 0 Å². The zero-order valence-corrected chi connectivity index (χ0v) is 11.2. The summed E-state index contributed by atoms with van der Waals surface area (Å²) >= 11 is 0. The van der Waals surface area contributed by atoms with Crippen LogP contribution < -0.4 is 5.32 Å². The molecule has 0 fully saturated rings. The Bertz CT molecular complexity index is 496. The number of hydrogen-bond acceptors (Lipinski definition) is 3. The SMILES string of the molecule is CCc1ccc(-c2cc(NC)nc(CC)n2)cc1.